The fourth-order valence-electron chi connectivity index (χ4n) is 1.57. The quantitative estimate of drug-likeness (QED) is 0.694. The fraction of sp³-hybridized carbons (Fsp3) is 0.444. The van der Waals surface area contributed by atoms with E-state index in [0.717, 1.165) is 5.69 Å². The molecule has 90 valence electrons. The van der Waals surface area contributed by atoms with Crippen LogP contribution in [-0.2, 0) is 0 Å². The Morgan fingerprint density at radius 1 is 1.35 bits per heavy atom. The summed E-state index contributed by atoms with van der Waals surface area (Å²) in [6.07, 6.45) is 0. The minimum absolute atomic E-state index is 0.203. The molecule has 0 bridgehead atoms. The predicted molar refractivity (Wildman–Crippen MR) is 58.1 cm³/mol. The summed E-state index contributed by atoms with van der Waals surface area (Å²) in [5.41, 5.74) is 1.96. The third kappa shape index (κ3) is 2.14. The Labute approximate surface area is 97.2 Å². The molecule has 3 N–H and O–H groups in total. The molecule has 2 rings (SSSR count). The highest BCUT2D eigenvalue weighted by atomic mass is 16.1. The summed E-state index contributed by atoms with van der Waals surface area (Å²) >= 11 is 0. The first-order chi connectivity index (χ1) is 8.09. The molecule has 0 saturated heterocycles. The van der Waals surface area contributed by atoms with Crippen molar-refractivity contribution >= 4 is 5.91 Å². The van der Waals surface area contributed by atoms with Gasteiger partial charge in [-0.1, -0.05) is 5.21 Å². The van der Waals surface area contributed by atoms with Crippen molar-refractivity contribution < 1.29 is 4.79 Å². The summed E-state index contributed by atoms with van der Waals surface area (Å²) in [6.45, 7) is 5.36. The monoisotopic (exact) mass is 235 g/mol. The van der Waals surface area contributed by atoms with Gasteiger partial charge in [0.2, 0.25) is 0 Å². The van der Waals surface area contributed by atoms with E-state index < -0.39 is 0 Å². The van der Waals surface area contributed by atoms with Crippen molar-refractivity contribution in [2.45, 2.75) is 26.8 Å². The van der Waals surface area contributed by atoms with Gasteiger partial charge in [-0.3, -0.25) is 9.89 Å². The molecule has 1 unspecified atom stereocenters. The Morgan fingerprint density at radius 3 is 2.65 bits per heavy atom. The molecule has 0 aromatic carbocycles. The van der Waals surface area contributed by atoms with E-state index in [1.54, 1.807) is 20.8 Å². The molecule has 8 heteroatoms. The summed E-state index contributed by atoms with van der Waals surface area (Å²) in [6, 6.07) is -0.310. The second-order valence-corrected chi connectivity index (χ2v) is 3.77. The Morgan fingerprint density at radius 2 is 2.12 bits per heavy atom. The van der Waals surface area contributed by atoms with Crippen LogP contribution in [0, 0.1) is 13.8 Å². The third-order valence-corrected chi connectivity index (χ3v) is 2.45. The lowest BCUT2D eigenvalue weighted by Gasteiger charge is -2.09. The molecule has 1 atom stereocenters. The lowest BCUT2D eigenvalue weighted by atomic mass is 10.1. The lowest BCUT2D eigenvalue weighted by Crippen LogP contribution is -2.28. The van der Waals surface area contributed by atoms with E-state index >= 15 is 0 Å². The SMILES string of the molecule is Cc1n[nH]c(C)c1C(=O)NC(C)c1nn[nH]n1. The maximum absolute atomic E-state index is 12.0. The van der Waals surface area contributed by atoms with Crippen LogP contribution in [0.25, 0.3) is 0 Å². The van der Waals surface area contributed by atoms with Crippen molar-refractivity contribution in [3.05, 3.63) is 22.8 Å². The van der Waals surface area contributed by atoms with Crippen molar-refractivity contribution in [3.63, 3.8) is 0 Å². The number of carbonyl (C=O) groups is 1. The largest absolute Gasteiger partial charge is 0.342 e. The molecular weight excluding hydrogens is 222 g/mol. The zero-order valence-electron chi connectivity index (χ0n) is 9.77. The molecular formula is C9H13N7O. The first-order valence-electron chi connectivity index (χ1n) is 5.15. The minimum Gasteiger partial charge on any atom is -0.342 e. The van der Waals surface area contributed by atoms with Gasteiger partial charge in [0.25, 0.3) is 5.91 Å². The average Bonchev–Trinajstić information content (AvgIpc) is 2.88. The van der Waals surface area contributed by atoms with Gasteiger partial charge in [-0.25, -0.2) is 0 Å². The number of carbonyl (C=O) groups excluding carboxylic acids is 1. The Hall–Kier alpha value is -2.25. The van der Waals surface area contributed by atoms with E-state index in [1.165, 1.54) is 0 Å². The number of H-pyrrole nitrogens is 2. The van der Waals surface area contributed by atoms with Crippen molar-refractivity contribution in [2.24, 2.45) is 0 Å². The molecule has 0 spiro atoms. The molecule has 1 amide bonds. The van der Waals surface area contributed by atoms with Crippen LogP contribution in [0.2, 0.25) is 0 Å². The predicted octanol–water partition coefficient (Wildman–Crippen LogP) is 0.0306. The highest BCUT2D eigenvalue weighted by molar-refractivity contribution is 5.96. The average molecular weight is 235 g/mol. The molecule has 0 aliphatic rings. The number of tetrazole rings is 1. The number of nitrogens with one attached hydrogen (secondary N) is 3. The van der Waals surface area contributed by atoms with Crippen LogP contribution < -0.4 is 5.32 Å². The van der Waals surface area contributed by atoms with E-state index in [-0.39, 0.29) is 11.9 Å². The maximum atomic E-state index is 12.0. The van der Waals surface area contributed by atoms with Gasteiger partial charge in [-0.2, -0.15) is 10.3 Å². The molecule has 8 nitrogen and oxygen atoms in total. The van der Waals surface area contributed by atoms with E-state index in [0.29, 0.717) is 17.1 Å². The molecule has 0 aliphatic heterocycles. The molecule has 2 aromatic heterocycles. The Kier molecular flexibility index (Phi) is 2.86. The topological polar surface area (TPSA) is 112 Å². The van der Waals surface area contributed by atoms with Crippen molar-refractivity contribution in [2.75, 3.05) is 0 Å². The number of amides is 1. The van der Waals surface area contributed by atoms with Crippen LogP contribution in [-0.4, -0.2) is 36.7 Å². The molecule has 0 aliphatic carbocycles. The van der Waals surface area contributed by atoms with Gasteiger partial charge in [0.05, 0.1) is 17.3 Å². The lowest BCUT2D eigenvalue weighted by molar-refractivity contribution is 0.0937. The first kappa shape index (κ1) is 11.2. The highest BCUT2D eigenvalue weighted by Crippen LogP contribution is 2.11. The zero-order chi connectivity index (χ0) is 12.4. The Balaban J connectivity index is 2.12. The summed E-state index contributed by atoms with van der Waals surface area (Å²) in [5.74, 6) is 0.239. The molecule has 2 aromatic rings. The smallest absolute Gasteiger partial charge is 0.255 e. The summed E-state index contributed by atoms with van der Waals surface area (Å²) in [4.78, 5) is 12.0. The second kappa shape index (κ2) is 4.32. The van der Waals surface area contributed by atoms with Gasteiger partial charge in [-0.15, -0.1) is 10.2 Å². The van der Waals surface area contributed by atoms with Crippen LogP contribution in [0.5, 0.6) is 0 Å². The van der Waals surface area contributed by atoms with E-state index in [2.05, 4.69) is 36.1 Å². The second-order valence-electron chi connectivity index (χ2n) is 3.77. The number of aryl methyl sites for hydroxylation is 2. The Bertz CT molecular complexity index is 496. The summed E-state index contributed by atoms with van der Waals surface area (Å²) in [7, 11) is 0. The number of hydrogen-bond donors (Lipinski definition) is 3. The number of aromatic nitrogens is 6. The normalized spacial score (nSPS) is 12.4. The van der Waals surface area contributed by atoms with Gasteiger partial charge in [0, 0.05) is 5.69 Å². The highest BCUT2D eigenvalue weighted by Gasteiger charge is 2.19. The number of aromatic amines is 2. The fourth-order valence-corrected chi connectivity index (χ4v) is 1.57. The van der Waals surface area contributed by atoms with Gasteiger partial charge in [0.15, 0.2) is 5.82 Å². The third-order valence-electron chi connectivity index (χ3n) is 2.45. The standard InChI is InChI=1S/C9H13N7O/c1-4-7(5(2)12-11-4)9(17)10-6(3)8-13-15-16-14-8/h6H,1-3H3,(H,10,17)(H,11,12)(H,13,14,15,16). The van der Waals surface area contributed by atoms with Gasteiger partial charge in [-0.05, 0) is 20.8 Å². The van der Waals surface area contributed by atoms with Crippen molar-refractivity contribution in [3.8, 4) is 0 Å². The number of nitrogens with zero attached hydrogens (tertiary/aromatic N) is 4. The van der Waals surface area contributed by atoms with Crippen LogP contribution in [0.3, 0.4) is 0 Å². The van der Waals surface area contributed by atoms with Crippen LogP contribution in [0.15, 0.2) is 0 Å². The molecule has 0 radical (unpaired) electrons. The zero-order valence-corrected chi connectivity index (χ0v) is 9.77. The summed E-state index contributed by atoms with van der Waals surface area (Å²) in [5, 5.41) is 22.9. The molecule has 2 heterocycles. The van der Waals surface area contributed by atoms with Crippen molar-refractivity contribution in [1.29, 1.82) is 0 Å². The van der Waals surface area contributed by atoms with Crippen molar-refractivity contribution in [1.82, 2.24) is 36.1 Å². The molecule has 0 fully saturated rings. The van der Waals surface area contributed by atoms with Gasteiger partial charge in [0.1, 0.15) is 0 Å². The van der Waals surface area contributed by atoms with Gasteiger partial charge >= 0.3 is 0 Å². The van der Waals surface area contributed by atoms with Crippen LogP contribution >= 0.6 is 0 Å². The van der Waals surface area contributed by atoms with Gasteiger partial charge < -0.3 is 5.32 Å². The molecule has 17 heavy (non-hydrogen) atoms. The first-order valence-corrected chi connectivity index (χ1v) is 5.15. The van der Waals surface area contributed by atoms with Crippen LogP contribution in [0.4, 0.5) is 0 Å². The van der Waals surface area contributed by atoms with E-state index in [9.17, 15) is 4.79 Å². The molecule has 0 saturated carbocycles. The maximum Gasteiger partial charge on any atom is 0.255 e. The number of hydrogen-bond acceptors (Lipinski definition) is 5. The van der Waals surface area contributed by atoms with E-state index in [1.807, 2.05) is 0 Å². The number of rotatable bonds is 3. The minimum atomic E-state index is -0.310. The van der Waals surface area contributed by atoms with Crippen LogP contribution in [0.1, 0.15) is 40.5 Å². The summed E-state index contributed by atoms with van der Waals surface area (Å²) < 4.78 is 0. The van der Waals surface area contributed by atoms with E-state index in [4.69, 9.17) is 0 Å².